The number of hydrogen-bond acceptors (Lipinski definition) is 3. The van der Waals surface area contributed by atoms with Gasteiger partial charge < -0.3 is 4.74 Å². The number of aryl methyl sites for hydroxylation is 2. The van der Waals surface area contributed by atoms with Crippen molar-refractivity contribution in [2.45, 2.75) is 27.2 Å². The van der Waals surface area contributed by atoms with Crippen LogP contribution in [0.2, 0.25) is 0 Å². The van der Waals surface area contributed by atoms with Gasteiger partial charge in [0.25, 0.3) is 5.91 Å². The van der Waals surface area contributed by atoms with Gasteiger partial charge in [-0.25, -0.2) is 5.43 Å². The molecule has 0 atom stereocenters. The molecule has 0 heterocycles. The predicted molar refractivity (Wildman–Crippen MR) is 92.8 cm³/mol. The van der Waals surface area contributed by atoms with Gasteiger partial charge in [0.1, 0.15) is 5.75 Å². The van der Waals surface area contributed by atoms with Crippen LogP contribution in [0.15, 0.2) is 53.6 Å². The Balaban J connectivity index is 1.92. The third-order valence-corrected chi connectivity index (χ3v) is 3.32. The van der Waals surface area contributed by atoms with E-state index >= 15 is 0 Å². The highest BCUT2D eigenvalue weighted by molar-refractivity contribution is 6.00. The molecular weight excluding hydrogens is 288 g/mol. The van der Waals surface area contributed by atoms with E-state index in [1.165, 1.54) is 0 Å². The molecule has 4 heteroatoms. The molecule has 4 nitrogen and oxygen atoms in total. The number of carbonyl (C=O) groups is 1. The van der Waals surface area contributed by atoms with Gasteiger partial charge in [-0.15, -0.1) is 0 Å². The number of rotatable bonds is 6. The second-order valence-electron chi connectivity index (χ2n) is 5.43. The molecule has 0 fully saturated rings. The summed E-state index contributed by atoms with van der Waals surface area (Å²) < 4.78 is 5.52. The van der Waals surface area contributed by atoms with Crippen LogP contribution in [0, 0.1) is 13.8 Å². The second kappa shape index (κ2) is 8.13. The summed E-state index contributed by atoms with van der Waals surface area (Å²) in [6.45, 7) is 5.94. The first kappa shape index (κ1) is 16.7. The minimum absolute atomic E-state index is 0.0574. The summed E-state index contributed by atoms with van der Waals surface area (Å²) in [6.07, 6.45) is 0.738. The zero-order chi connectivity index (χ0) is 16.7. The van der Waals surface area contributed by atoms with E-state index in [0.29, 0.717) is 5.75 Å². The summed E-state index contributed by atoms with van der Waals surface area (Å²) in [5.41, 5.74) is 6.61. The first-order valence-corrected chi connectivity index (χ1v) is 7.70. The summed E-state index contributed by atoms with van der Waals surface area (Å²) in [7, 11) is 0. The summed E-state index contributed by atoms with van der Waals surface area (Å²) in [5.74, 6) is 0.423. The quantitative estimate of drug-likeness (QED) is 0.654. The molecule has 0 saturated carbocycles. The molecule has 0 saturated heterocycles. The summed E-state index contributed by atoms with van der Waals surface area (Å²) in [4.78, 5) is 11.9. The van der Waals surface area contributed by atoms with Crippen LogP contribution >= 0.6 is 0 Å². The number of nitrogens with one attached hydrogen (secondary N) is 1. The molecule has 23 heavy (non-hydrogen) atoms. The molecule has 0 aromatic heterocycles. The number of benzene rings is 2. The molecule has 2 aromatic rings. The lowest BCUT2D eigenvalue weighted by atomic mass is 10.1. The number of nitrogens with zero attached hydrogens (tertiary/aromatic N) is 1. The van der Waals surface area contributed by atoms with Crippen LogP contribution in [0.1, 0.15) is 30.0 Å². The van der Waals surface area contributed by atoms with Crippen LogP contribution in [0.25, 0.3) is 0 Å². The Hall–Kier alpha value is -2.62. The SMILES string of the molecule is CC/C(=N\NC(=O)COc1cc(C)cc(C)c1)c1ccccc1. The molecule has 1 amide bonds. The van der Waals surface area contributed by atoms with Crippen LogP contribution in [0.4, 0.5) is 0 Å². The fourth-order valence-electron chi connectivity index (χ4n) is 2.31. The number of amides is 1. The van der Waals surface area contributed by atoms with Crippen LogP contribution < -0.4 is 10.2 Å². The molecular formula is C19H22N2O2. The Morgan fingerprint density at radius 2 is 1.74 bits per heavy atom. The van der Waals surface area contributed by atoms with Crippen molar-refractivity contribution >= 4 is 11.6 Å². The van der Waals surface area contributed by atoms with Gasteiger partial charge >= 0.3 is 0 Å². The molecule has 0 spiro atoms. The number of carbonyl (C=O) groups excluding carboxylic acids is 1. The molecule has 0 bridgehead atoms. The summed E-state index contributed by atoms with van der Waals surface area (Å²) in [5, 5.41) is 4.20. The van der Waals surface area contributed by atoms with Crippen molar-refractivity contribution in [3.8, 4) is 5.75 Å². The van der Waals surface area contributed by atoms with E-state index < -0.39 is 0 Å². The maximum atomic E-state index is 11.9. The zero-order valence-electron chi connectivity index (χ0n) is 13.8. The Morgan fingerprint density at radius 1 is 1.09 bits per heavy atom. The molecule has 0 aliphatic heterocycles. The Kier molecular flexibility index (Phi) is 5.92. The van der Waals surface area contributed by atoms with E-state index in [1.54, 1.807) is 0 Å². The van der Waals surface area contributed by atoms with Crippen molar-refractivity contribution in [3.63, 3.8) is 0 Å². The van der Waals surface area contributed by atoms with E-state index in [2.05, 4.69) is 16.6 Å². The Bertz CT molecular complexity index is 674. The van der Waals surface area contributed by atoms with Gasteiger partial charge in [-0.1, -0.05) is 43.3 Å². The average molecular weight is 310 g/mol. The van der Waals surface area contributed by atoms with Crippen molar-refractivity contribution in [2.75, 3.05) is 6.61 Å². The number of hydrogen-bond donors (Lipinski definition) is 1. The van der Waals surface area contributed by atoms with Gasteiger partial charge in [0.2, 0.25) is 0 Å². The van der Waals surface area contributed by atoms with Gasteiger partial charge in [0, 0.05) is 0 Å². The fourth-order valence-corrected chi connectivity index (χ4v) is 2.31. The summed E-state index contributed by atoms with van der Waals surface area (Å²) >= 11 is 0. The second-order valence-corrected chi connectivity index (χ2v) is 5.43. The van der Waals surface area contributed by atoms with E-state index in [1.807, 2.05) is 63.2 Å². The summed E-state index contributed by atoms with van der Waals surface area (Å²) in [6, 6.07) is 15.7. The van der Waals surface area contributed by atoms with Crippen molar-refractivity contribution in [1.29, 1.82) is 0 Å². The molecule has 1 N–H and O–H groups in total. The maximum Gasteiger partial charge on any atom is 0.277 e. The maximum absolute atomic E-state index is 11.9. The van der Waals surface area contributed by atoms with Crippen molar-refractivity contribution in [3.05, 3.63) is 65.2 Å². The third-order valence-electron chi connectivity index (χ3n) is 3.32. The van der Waals surface area contributed by atoms with Gasteiger partial charge in [0.05, 0.1) is 5.71 Å². The molecule has 120 valence electrons. The van der Waals surface area contributed by atoms with Gasteiger partial charge in [-0.3, -0.25) is 4.79 Å². The van der Waals surface area contributed by atoms with Gasteiger partial charge in [-0.05, 0) is 49.1 Å². The standard InChI is InChI=1S/C19H22N2O2/c1-4-18(16-8-6-5-7-9-16)20-21-19(22)13-23-17-11-14(2)10-15(3)12-17/h5-12H,4,13H2,1-3H3,(H,21,22)/b20-18+. The fraction of sp³-hybridized carbons (Fsp3) is 0.263. The lowest BCUT2D eigenvalue weighted by Gasteiger charge is -2.08. The normalized spacial score (nSPS) is 11.2. The van der Waals surface area contributed by atoms with E-state index in [9.17, 15) is 4.79 Å². The van der Waals surface area contributed by atoms with E-state index in [0.717, 1.165) is 28.8 Å². The van der Waals surface area contributed by atoms with Crippen molar-refractivity contribution in [2.24, 2.45) is 5.10 Å². The number of ether oxygens (including phenoxy) is 1. The van der Waals surface area contributed by atoms with Gasteiger partial charge in [0.15, 0.2) is 6.61 Å². The highest BCUT2D eigenvalue weighted by Crippen LogP contribution is 2.15. The first-order valence-electron chi connectivity index (χ1n) is 7.70. The minimum Gasteiger partial charge on any atom is -0.484 e. The highest BCUT2D eigenvalue weighted by Gasteiger charge is 2.05. The Labute approximate surface area is 137 Å². The van der Waals surface area contributed by atoms with Crippen molar-refractivity contribution < 1.29 is 9.53 Å². The number of hydrazone groups is 1. The molecule has 0 unspecified atom stereocenters. The van der Waals surface area contributed by atoms with Crippen LogP contribution in [0.5, 0.6) is 5.75 Å². The van der Waals surface area contributed by atoms with Crippen LogP contribution in [0.3, 0.4) is 0 Å². The molecule has 0 radical (unpaired) electrons. The molecule has 2 rings (SSSR count). The first-order chi connectivity index (χ1) is 11.1. The van der Waals surface area contributed by atoms with Crippen LogP contribution in [-0.2, 0) is 4.79 Å². The van der Waals surface area contributed by atoms with E-state index in [-0.39, 0.29) is 12.5 Å². The Morgan fingerprint density at radius 3 is 2.35 bits per heavy atom. The molecule has 2 aromatic carbocycles. The monoisotopic (exact) mass is 310 g/mol. The minimum atomic E-state index is -0.272. The zero-order valence-corrected chi connectivity index (χ0v) is 13.8. The largest absolute Gasteiger partial charge is 0.484 e. The smallest absolute Gasteiger partial charge is 0.277 e. The average Bonchev–Trinajstić information content (AvgIpc) is 2.53. The van der Waals surface area contributed by atoms with Crippen LogP contribution in [-0.4, -0.2) is 18.2 Å². The van der Waals surface area contributed by atoms with Crippen molar-refractivity contribution in [1.82, 2.24) is 5.43 Å². The third kappa shape index (κ3) is 5.25. The molecule has 0 aliphatic rings. The lowest BCUT2D eigenvalue weighted by molar-refractivity contribution is -0.123. The highest BCUT2D eigenvalue weighted by atomic mass is 16.5. The lowest BCUT2D eigenvalue weighted by Crippen LogP contribution is -2.26. The topological polar surface area (TPSA) is 50.7 Å². The van der Waals surface area contributed by atoms with Gasteiger partial charge in [-0.2, -0.15) is 5.10 Å². The van der Waals surface area contributed by atoms with E-state index in [4.69, 9.17) is 4.74 Å². The molecule has 0 aliphatic carbocycles. The predicted octanol–water partition coefficient (Wildman–Crippen LogP) is 3.61.